The van der Waals surface area contributed by atoms with Gasteiger partial charge in [-0.3, -0.25) is 9.59 Å². The first-order valence-electron chi connectivity index (χ1n) is 11.7. The van der Waals surface area contributed by atoms with Crippen LogP contribution in [-0.4, -0.2) is 35.3 Å². The van der Waals surface area contributed by atoms with Crippen molar-refractivity contribution in [3.05, 3.63) is 70.8 Å². The maximum Gasteiger partial charge on any atom is 0.243 e. The molecular formula is C27H36N2O2. The Kier molecular flexibility index (Phi) is 8.27. The second-order valence-corrected chi connectivity index (χ2v) is 8.84. The van der Waals surface area contributed by atoms with Crippen LogP contribution in [0.15, 0.2) is 48.5 Å². The van der Waals surface area contributed by atoms with Crippen LogP contribution >= 0.6 is 0 Å². The van der Waals surface area contributed by atoms with Gasteiger partial charge in [-0.25, -0.2) is 0 Å². The highest BCUT2D eigenvalue weighted by molar-refractivity contribution is 5.88. The van der Waals surface area contributed by atoms with Crippen LogP contribution in [0.5, 0.6) is 0 Å². The summed E-state index contributed by atoms with van der Waals surface area (Å²) in [7, 11) is 0. The van der Waals surface area contributed by atoms with Gasteiger partial charge in [0.25, 0.3) is 0 Å². The van der Waals surface area contributed by atoms with Gasteiger partial charge in [0.2, 0.25) is 11.8 Å². The molecule has 31 heavy (non-hydrogen) atoms. The van der Waals surface area contributed by atoms with E-state index in [1.165, 1.54) is 18.4 Å². The minimum Gasteiger partial charge on any atom is -0.352 e. The number of nitrogens with zero attached hydrogens (tertiary/aromatic N) is 1. The van der Waals surface area contributed by atoms with Gasteiger partial charge in [0, 0.05) is 12.6 Å². The van der Waals surface area contributed by atoms with E-state index in [-0.39, 0.29) is 17.9 Å². The lowest BCUT2D eigenvalue weighted by atomic mass is 10.0. The number of aryl methyl sites for hydroxylation is 2. The van der Waals surface area contributed by atoms with Gasteiger partial charge in [-0.15, -0.1) is 0 Å². The topological polar surface area (TPSA) is 49.4 Å². The van der Waals surface area contributed by atoms with Crippen molar-refractivity contribution in [3.63, 3.8) is 0 Å². The van der Waals surface area contributed by atoms with E-state index in [4.69, 9.17) is 0 Å². The van der Waals surface area contributed by atoms with E-state index in [0.717, 1.165) is 36.0 Å². The summed E-state index contributed by atoms with van der Waals surface area (Å²) in [4.78, 5) is 28.5. The molecule has 2 aromatic carbocycles. The minimum atomic E-state index is -0.429. The summed E-state index contributed by atoms with van der Waals surface area (Å²) < 4.78 is 0. The molecule has 0 saturated heterocycles. The van der Waals surface area contributed by atoms with Crippen molar-refractivity contribution in [2.75, 3.05) is 6.54 Å². The number of nitrogens with one attached hydrogen (secondary N) is 1. The Morgan fingerprint density at radius 1 is 1.06 bits per heavy atom. The van der Waals surface area contributed by atoms with E-state index in [1.807, 2.05) is 43.9 Å². The molecule has 3 rings (SSSR count). The summed E-state index contributed by atoms with van der Waals surface area (Å²) in [5.41, 5.74) is 4.49. The van der Waals surface area contributed by atoms with Crippen molar-refractivity contribution in [2.24, 2.45) is 0 Å². The van der Waals surface area contributed by atoms with E-state index in [1.54, 1.807) is 0 Å². The quantitative estimate of drug-likeness (QED) is 0.636. The molecule has 4 heteroatoms. The summed E-state index contributed by atoms with van der Waals surface area (Å²) in [6, 6.07) is 16.2. The van der Waals surface area contributed by atoms with Crippen LogP contribution in [0.2, 0.25) is 0 Å². The SMILES string of the molecule is CCC(C(=O)NC1CCCC1)N(CCc1ccccc1)C(=O)Cc1cc(C)ccc1C. The first-order valence-corrected chi connectivity index (χ1v) is 11.7. The molecule has 0 heterocycles. The minimum absolute atomic E-state index is 0.00299. The molecule has 2 amide bonds. The fraction of sp³-hybridized carbons (Fsp3) is 0.481. The van der Waals surface area contributed by atoms with Crippen LogP contribution in [0.3, 0.4) is 0 Å². The Hall–Kier alpha value is -2.62. The summed E-state index contributed by atoms with van der Waals surface area (Å²) in [6.07, 6.45) is 6.12. The Morgan fingerprint density at radius 2 is 1.77 bits per heavy atom. The number of amides is 2. The van der Waals surface area contributed by atoms with E-state index in [0.29, 0.717) is 19.4 Å². The third-order valence-corrected chi connectivity index (χ3v) is 6.42. The number of hydrogen-bond acceptors (Lipinski definition) is 2. The van der Waals surface area contributed by atoms with Crippen molar-refractivity contribution in [3.8, 4) is 0 Å². The molecule has 4 nitrogen and oxygen atoms in total. The maximum absolute atomic E-state index is 13.5. The van der Waals surface area contributed by atoms with Gasteiger partial charge < -0.3 is 10.2 Å². The first kappa shape index (κ1) is 23.1. The summed E-state index contributed by atoms with van der Waals surface area (Å²) in [5.74, 6) is 0.0230. The summed E-state index contributed by atoms with van der Waals surface area (Å²) in [5, 5.41) is 3.21. The van der Waals surface area contributed by atoms with Crippen molar-refractivity contribution in [1.82, 2.24) is 10.2 Å². The predicted octanol–water partition coefficient (Wildman–Crippen LogP) is 4.75. The molecule has 0 aromatic heterocycles. The van der Waals surface area contributed by atoms with Gasteiger partial charge in [0.1, 0.15) is 6.04 Å². The number of rotatable bonds is 9. The highest BCUT2D eigenvalue weighted by Gasteiger charge is 2.30. The molecule has 1 aliphatic rings. The van der Waals surface area contributed by atoms with E-state index >= 15 is 0 Å². The standard InChI is InChI=1S/C27H36N2O2/c1-4-25(27(31)28-24-12-8-9-13-24)29(17-16-22-10-6-5-7-11-22)26(30)19-23-18-20(2)14-15-21(23)3/h5-7,10-11,14-15,18,24-25H,4,8-9,12-13,16-17,19H2,1-3H3,(H,28,31). The molecule has 1 N–H and O–H groups in total. The molecule has 1 aliphatic carbocycles. The third-order valence-electron chi connectivity index (χ3n) is 6.42. The van der Waals surface area contributed by atoms with Gasteiger partial charge in [-0.2, -0.15) is 0 Å². The largest absolute Gasteiger partial charge is 0.352 e. The second-order valence-electron chi connectivity index (χ2n) is 8.84. The van der Waals surface area contributed by atoms with Crippen molar-refractivity contribution in [1.29, 1.82) is 0 Å². The lowest BCUT2D eigenvalue weighted by Crippen LogP contribution is -2.52. The molecule has 0 bridgehead atoms. The Bertz CT molecular complexity index is 872. The Labute approximate surface area is 187 Å². The lowest BCUT2D eigenvalue weighted by Gasteiger charge is -2.32. The van der Waals surface area contributed by atoms with Crippen LogP contribution in [0, 0.1) is 13.8 Å². The maximum atomic E-state index is 13.5. The highest BCUT2D eigenvalue weighted by Crippen LogP contribution is 2.19. The Morgan fingerprint density at radius 3 is 2.45 bits per heavy atom. The number of benzene rings is 2. The van der Waals surface area contributed by atoms with Gasteiger partial charge in [-0.1, -0.05) is 73.9 Å². The molecule has 2 aromatic rings. The number of carbonyl (C=O) groups excluding carboxylic acids is 2. The average Bonchev–Trinajstić information content (AvgIpc) is 3.27. The van der Waals surface area contributed by atoms with Crippen LogP contribution in [0.25, 0.3) is 0 Å². The normalized spacial score (nSPS) is 14.9. The van der Waals surface area contributed by atoms with Crippen LogP contribution in [0.4, 0.5) is 0 Å². The van der Waals surface area contributed by atoms with Crippen LogP contribution < -0.4 is 5.32 Å². The van der Waals surface area contributed by atoms with Crippen LogP contribution in [-0.2, 0) is 22.4 Å². The van der Waals surface area contributed by atoms with Gasteiger partial charge in [0.05, 0.1) is 6.42 Å². The summed E-state index contributed by atoms with van der Waals surface area (Å²) in [6.45, 7) is 6.63. The highest BCUT2D eigenvalue weighted by atomic mass is 16.2. The molecule has 0 aliphatic heterocycles. The van der Waals surface area contributed by atoms with Crippen LogP contribution in [0.1, 0.15) is 61.3 Å². The third kappa shape index (κ3) is 6.43. The van der Waals surface area contributed by atoms with Gasteiger partial charge >= 0.3 is 0 Å². The number of carbonyl (C=O) groups is 2. The monoisotopic (exact) mass is 420 g/mol. The lowest BCUT2D eigenvalue weighted by molar-refractivity contribution is -0.140. The van der Waals surface area contributed by atoms with Crippen molar-refractivity contribution < 1.29 is 9.59 Å². The zero-order valence-corrected chi connectivity index (χ0v) is 19.2. The predicted molar refractivity (Wildman–Crippen MR) is 126 cm³/mol. The fourth-order valence-corrected chi connectivity index (χ4v) is 4.52. The van der Waals surface area contributed by atoms with Crippen molar-refractivity contribution in [2.45, 2.75) is 77.8 Å². The first-order chi connectivity index (χ1) is 15.0. The second kappa shape index (κ2) is 11.1. The molecule has 1 unspecified atom stereocenters. The Balaban J connectivity index is 1.78. The van der Waals surface area contributed by atoms with Gasteiger partial charge in [0.15, 0.2) is 0 Å². The fourth-order valence-electron chi connectivity index (χ4n) is 4.52. The molecular weight excluding hydrogens is 384 g/mol. The van der Waals surface area contributed by atoms with Crippen molar-refractivity contribution >= 4 is 11.8 Å². The average molecular weight is 421 g/mol. The van der Waals surface area contributed by atoms with E-state index in [9.17, 15) is 9.59 Å². The molecule has 1 saturated carbocycles. The molecule has 1 fully saturated rings. The summed E-state index contributed by atoms with van der Waals surface area (Å²) >= 11 is 0. The molecule has 0 radical (unpaired) electrons. The molecule has 0 spiro atoms. The molecule has 1 atom stereocenters. The van der Waals surface area contributed by atoms with E-state index < -0.39 is 6.04 Å². The van der Waals surface area contributed by atoms with E-state index in [2.05, 4.69) is 35.6 Å². The zero-order valence-electron chi connectivity index (χ0n) is 19.2. The van der Waals surface area contributed by atoms with Gasteiger partial charge in [-0.05, 0) is 56.2 Å². The molecule has 166 valence electrons. The zero-order chi connectivity index (χ0) is 22.2. The smallest absolute Gasteiger partial charge is 0.243 e. The number of hydrogen-bond donors (Lipinski definition) is 1.